The first-order valence-corrected chi connectivity index (χ1v) is 9.05. The van der Waals surface area contributed by atoms with Crippen molar-refractivity contribution in [3.8, 4) is 5.75 Å². The number of aromatic hydroxyl groups is 1. The first-order chi connectivity index (χ1) is 10.7. The molecule has 0 fully saturated rings. The Balaban J connectivity index is 1.90. The molecule has 0 saturated carbocycles. The van der Waals surface area contributed by atoms with Gasteiger partial charge in [-0.1, -0.05) is 77.6 Å². The summed E-state index contributed by atoms with van der Waals surface area (Å²) >= 11 is 0. The Morgan fingerprint density at radius 1 is 0.818 bits per heavy atom. The minimum absolute atomic E-state index is 0.00480. The lowest BCUT2D eigenvalue weighted by Crippen LogP contribution is -1.98. The molecule has 0 bridgehead atoms. The van der Waals surface area contributed by atoms with Gasteiger partial charge in [0.05, 0.1) is 6.07 Å². The molecule has 0 amide bonds. The molecule has 0 radical (unpaired) electrons. The lowest BCUT2D eigenvalue weighted by atomic mass is 10.0. The quantitative estimate of drug-likeness (QED) is 0.483. The van der Waals surface area contributed by atoms with Crippen LogP contribution in [0.1, 0.15) is 89.7 Å². The Kier molecular flexibility index (Phi) is 10.5. The van der Waals surface area contributed by atoms with Gasteiger partial charge in [0.25, 0.3) is 0 Å². The molecule has 22 heavy (non-hydrogen) atoms. The molecule has 3 nitrogen and oxygen atoms in total. The average molecular weight is 308 g/mol. The van der Waals surface area contributed by atoms with Crippen LogP contribution in [0.3, 0.4) is 0 Å². The van der Waals surface area contributed by atoms with Gasteiger partial charge in [0.1, 0.15) is 11.5 Å². The topological polar surface area (TPSA) is 50.4 Å². The van der Waals surface area contributed by atoms with Crippen molar-refractivity contribution in [2.75, 3.05) is 0 Å². The van der Waals surface area contributed by atoms with Crippen LogP contribution in [0, 0.1) is 0 Å². The van der Waals surface area contributed by atoms with Crippen molar-refractivity contribution < 1.29 is 9.52 Å². The standard InChI is InChI=1S/C19H32O3/c1-2-3-4-5-6-7-8-9-10-11-12-13-14-18-15-17(20)16-19(21)22-18/h15-16,20H,2-14H2,1H3. The van der Waals surface area contributed by atoms with Gasteiger partial charge in [0, 0.05) is 12.5 Å². The minimum atomic E-state index is -0.464. The Hall–Kier alpha value is -1.25. The highest BCUT2D eigenvalue weighted by Crippen LogP contribution is 2.14. The van der Waals surface area contributed by atoms with Gasteiger partial charge in [0.2, 0.25) is 0 Å². The maximum absolute atomic E-state index is 11.1. The van der Waals surface area contributed by atoms with Gasteiger partial charge in [-0.15, -0.1) is 0 Å². The van der Waals surface area contributed by atoms with Crippen LogP contribution in [0.5, 0.6) is 5.75 Å². The van der Waals surface area contributed by atoms with E-state index in [1.807, 2.05) is 0 Å². The van der Waals surface area contributed by atoms with Crippen molar-refractivity contribution in [2.24, 2.45) is 0 Å². The SMILES string of the molecule is CCCCCCCCCCCCCCc1cc(O)cc(=O)o1. The van der Waals surface area contributed by atoms with E-state index in [0.29, 0.717) is 5.76 Å². The number of rotatable bonds is 13. The van der Waals surface area contributed by atoms with Crippen LogP contribution in [-0.4, -0.2) is 5.11 Å². The van der Waals surface area contributed by atoms with Gasteiger partial charge in [-0.25, -0.2) is 4.79 Å². The summed E-state index contributed by atoms with van der Waals surface area (Å²) in [6, 6.07) is 2.64. The van der Waals surface area contributed by atoms with Gasteiger partial charge < -0.3 is 9.52 Å². The number of hydrogen-bond donors (Lipinski definition) is 1. The van der Waals surface area contributed by atoms with Crippen LogP contribution in [-0.2, 0) is 6.42 Å². The fraction of sp³-hybridized carbons (Fsp3) is 0.737. The zero-order valence-electron chi connectivity index (χ0n) is 14.1. The summed E-state index contributed by atoms with van der Waals surface area (Å²) in [5.74, 6) is 0.599. The molecule has 3 heteroatoms. The van der Waals surface area contributed by atoms with E-state index in [-0.39, 0.29) is 5.75 Å². The van der Waals surface area contributed by atoms with E-state index in [1.165, 1.54) is 64.2 Å². The van der Waals surface area contributed by atoms with E-state index in [1.54, 1.807) is 6.07 Å². The molecule has 0 aliphatic carbocycles. The normalized spacial score (nSPS) is 11.0. The fourth-order valence-electron chi connectivity index (χ4n) is 2.78. The molecular weight excluding hydrogens is 276 g/mol. The molecule has 0 spiro atoms. The lowest BCUT2D eigenvalue weighted by Gasteiger charge is -2.03. The predicted molar refractivity (Wildman–Crippen MR) is 91.4 cm³/mol. The average Bonchev–Trinajstić information content (AvgIpc) is 2.47. The largest absolute Gasteiger partial charge is 0.508 e. The van der Waals surface area contributed by atoms with Crippen molar-refractivity contribution >= 4 is 0 Å². The third-order valence-electron chi connectivity index (χ3n) is 4.08. The van der Waals surface area contributed by atoms with Gasteiger partial charge >= 0.3 is 5.63 Å². The molecule has 1 rings (SSSR count). The summed E-state index contributed by atoms with van der Waals surface area (Å²) < 4.78 is 5.04. The van der Waals surface area contributed by atoms with E-state index in [2.05, 4.69) is 6.92 Å². The van der Waals surface area contributed by atoms with Gasteiger partial charge in [-0.05, 0) is 6.42 Å². The molecule has 1 aromatic heterocycles. The number of hydrogen-bond acceptors (Lipinski definition) is 3. The second-order valence-corrected chi connectivity index (χ2v) is 6.24. The molecule has 0 aliphatic rings. The third-order valence-corrected chi connectivity index (χ3v) is 4.08. The number of unbranched alkanes of at least 4 members (excludes halogenated alkanes) is 11. The highest BCUT2D eigenvalue weighted by atomic mass is 16.4. The van der Waals surface area contributed by atoms with E-state index < -0.39 is 5.63 Å². The van der Waals surface area contributed by atoms with Gasteiger partial charge in [0.15, 0.2) is 0 Å². The van der Waals surface area contributed by atoms with Crippen molar-refractivity contribution in [2.45, 2.75) is 90.4 Å². The minimum Gasteiger partial charge on any atom is -0.508 e. The Morgan fingerprint density at radius 2 is 1.32 bits per heavy atom. The van der Waals surface area contributed by atoms with E-state index in [9.17, 15) is 9.90 Å². The molecule has 0 aromatic carbocycles. The summed E-state index contributed by atoms with van der Waals surface area (Å²) in [5, 5.41) is 9.33. The van der Waals surface area contributed by atoms with Crippen molar-refractivity contribution in [1.82, 2.24) is 0 Å². The van der Waals surface area contributed by atoms with E-state index in [4.69, 9.17) is 4.42 Å². The Labute approximate surface area is 134 Å². The fourth-order valence-corrected chi connectivity index (χ4v) is 2.78. The van der Waals surface area contributed by atoms with Crippen LogP contribution in [0.15, 0.2) is 21.3 Å². The van der Waals surface area contributed by atoms with Crippen LogP contribution in [0.2, 0.25) is 0 Å². The summed E-state index contributed by atoms with van der Waals surface area (Å²) in [5.41, 5.74) is -0.464. The Bertz CT molecular complexity index is 437. The second kappa shape index (κ2) is 12.3. The zero-order valence-corrected chi connectivity index (χ0v) is 14.1. The molecular formula is C19H32O3. The zero-order chi connectivity index (χ0) is 16.0. The summed E-state index contributed by atoms with van der Waals surface area (Å²) in [4.78, 5) is 11.1. The molecule has 0 unspecified atom stereocenters. The van der Waals surface area contributed by atoms with Crippen molar-refractivity contribution in [3.63, 3.8) is 0 Å². The molecule has 126 valence electrons. The smallest absolute Gasteiger partial charge is 0.339 e. The second-order valence-electron chi connectivity index (χ2n) is 6.24. The monoisotopic (exact) mass is 308 g/mol. The molecule has 1 heterocycles. The number of aryl methyl sites for hydroxylation is 1. The van der Waals surface area contributed by atoms with Crippen LogP contribution >= 0.6 is 0 Å². The summed E-state index contributed by atoms with van der Waals surface area (Å²) in [6.07, 6.45) is 16.5. The highest BCUT2D eigenvalue weighted by Gasteiger charge is 2.01. The van der Waals surface area contributed by atoms with Crippen molar-refractivity contribution in [1.29, 1.82) is 0 Å². The maximum Gasteiger partial charge on any atom is 0.339 e. The Morgan fingerprint density at radius 3 is 1.82 bits per heavy atom. The van der Waals surface area contributed by atoms with E-state index in [0.717, 1.165) is 25.3 Å². The summed E-state index contributed by atoms with van der Waals surface area (Å²) in [7, 11) is 0. The van der Waals surface area contributed by atoms with Crippen molar-refractivity contribution in [3.05, 3.63) is 28.3 Å². The highest BCUT2D eigenvalue weighted by molar-refractivity contribution is 5.18. The van der Waals surface area contributed by atoms with Crippen LogP contribution in [0.4, 0.5) is 0 Å². The summed E-state index contributed by atoms with van der Waals surface area (Å²) in [6.45, 7) is 2.26. The van der Waals surface area contributed by atoms with E-state index >= 15 is 0 Å². The molecule has 1 N–H and O–H groups in total. The molecule has 0 aliphatic heterocycles. The molecule has 1 aromatic rings. The lowest BCUT2D eigenvalue weighted by molar-refractivity contribution is 0.418. The molecule has 0 saturated heterocycles. The maximum atomic E-state index is 11.1. The predicted octanol–water partition coefficient (Wildman–Crippen LogP) is 5.59. The first-order valence-electron chi connectivity index (χ1n) is 9.05. The molecule has 0 atom stereocenters. The van der Waals surface area contributed by atoms with Gasteiger partial charge in [-0.2, -0.15) is 0 Å². The third kappa shape index (κ3) is 9.64. The van der Waals surface area contributed by atoms with Crippen LogP contribution < -0.4 is 5.63 Å². The van der Waals surface area contributed by atoms with Gasteiger partial charge in [-0.3, -0.25) is 0 Å². The first kappa shape index (κ1) is 18.8. The van der Waals surface area contributed by atoms with Crippen LogP contribution in [0.25, 0.3) is 0 Å².